The average molecular weight is 164 g/mol. The molecule has 0 heterocycles. The van der Waals surface area contributed by atoms with E-state index >= 15 is 0 Å². The van der Waals surface area contributed by atoms with Crippen LogP contribution in [0.2, 0.25) is 0 Å². The lowest BCUT2D eigenvalue weighted by molar-refractivity contribution is -0.139. The number of esters is 1. The van der Waals surface area contributed by atoms with Gasteiger partial charge in [0.25, 0.3) is 0 Å². The standard InChI is InChI=1S/C7H10F2O2/c1-5(2)7(10)11-4-3-6(8)9/h6H,1,3-4H2,2H3. The molecule has 11 heavy (non-hydrogen) atoms. The van der Waals surface area contributed by atoms with Crippen LogP contribution in [0, 0.1) is 0 Å². The lowest BCUT2D eigenvalue weighted by Gasteiger charge is -2.02. The van der Waals surface area contributed by atoms with Gasteiger partial charge in [-0.25, -0.2) is 13.6 Å². The van der Waals surface area contributed by atoms with Gasteiger partial charge in [0, 0.05) is 12.0 Å². The van der Waals surface area contributed by atoms with Gasteiger partial charge < -0.3 is 4.74 Å². The summed E-state index contributed by atoms with van der Waals surface area (Å²) in [6.45, 7) is 4.51. The van der Waals surface area contributed by atoms with Gasteiger partial charge in [-0.15, -0.1) is 0 Å². The highest BCUT2D eigenvalue weighted by atomic mass is 19.3. The van der Waals surface area contributed by atoms with Crippen LogP contribution < -0.4 is 0 Å². The summed E-state index contributed by atoms with van der Waals surface area (Å²) >= 11 is 0. The topological polar surface area (TPSA) is 26.3 Å². The number of hydrogen-bond acceptors (Lipinski definition) is 2. The first-order valence-corrected chi connectivity index (χ1v) is 3.15. The van der Waals surface area contributed by atoms with Gasteiger partial charge in [-0.2, -0.15) is 0 Å². The van der Waals surface area contributed by atoms with Crippen molar-refractivity contribution in [2.75, 3.05) is 6.61 Å². The number of rotatable bonds is 4. The summed E-state index contributed by atoms with van der Waals surface area (Å²) in [7, 11) is 0. The molecule has 0 N–H and O–H groups in total. The van der Waals surface area contributed by atoms with Crippen LogP contribution in [0.4, 0.5) is 8.78 Å². The van der Waals surface area contributed by atoms with E-state index in [1.807, 2.05) is 0 Å². The molecule has 4 heteroatoms. The van der Waals surface area contributed by atoms with Crippen molar-refractivity contribution in [3.8, 4) is 0 Å². The summed E-state index contributed by atoms with van der Waals surface area (Å²) in [4.78, 5) is 10.6. The monoisotopic (exact) mass is 164 g/mol. The molecular formula is C7H10F2O2. The van der Waals surface area contributed by atoms with Crippen molar-refractivity contribution in [1.29, 1.82) is 0 Å². The summed E-state index contributed by atoms with van der Waals surface area (Å²) in [5, 5.41) is 0. The maximum Gasteiger partial charge on any atom is 0.333 e. The highest BCUT2D eigenvalue weighted by Gasteiger charge is 2.06. The molecule has 0 aliphatic rings. The SMILES string of the molecule is C=C(C)C(=O)OCCC(F)F. The maximum atomic E-state index is 11.5. The van der Waals surface area contributed by atoms with Gasteiger partial charge in [0.05, 0.1) is 6.61 Å². The highest BCUT2D eigenvalue weighted by molar-refractivity contribution is 5.86. The second kappa shape index (κ2) is 4.82. The molecule has 64 valence electrons. The Morgan fingerprint density at radius 2 is 2.18 bits per heavy atom. The van der Waals surface area contributed by atoms with Gasteiger partial charge in [0.2, 0.25) is 6.43 Å². The van der Waals surface area contributed by atoms with Gasteiger partial charge >= 0.3 is 5.97 Å². The first-order valence-electron chi connectivity index (χ1n) is 3.15. The second-order valence-corrected chi connectivity index (χ2v) is 2.10. The number of halogens is 2. The molecule has 0 spiro atoms. The van der Waals surface area contributed by atoms with Crippen LogP contribution in [-0.2, 0) is 9.53 Å². The zero-order valence-electron chi connectivity index (χ0n) is 6.27. The van der Waals surface area contributed by atoms with Crippen molar-refractivity contribution in [3.63, 3.8) is 0 Å². The number of hydrogen-bond donors (Lipinski definition) is 0. The van der Waals surface area contributed by atoms with Crippen LogP contribution in [-0.4, -0.2) is 19.0 Å². The molecular weight excluding hydrogens is 154 g/mol. The third kappa shape index (κ3) is 5.51. The number of alkyl halides is 2. The van der Waals surface area contributed by atoms with E-state index in [1.54, 1.807) is 0 Å². The molecule has 0 aliphatic carbocycles. The van der Waals surface area contributed by atoms with E-state index < -0.39 is 18.8 Å². The predicted octanol–water partition coefficient (Wildman–Crippen LogP) is 1.76. The van der Waals surface area contributed by atoms with Gasteiger partial charge in [-0.05, 0) is 6.92 Å². The van der Waals surface area contributed by atoms with Crippen molar-refractivity contribution in [1.82, 2.24) is 0 Å². The fourth-order valence-electron chi connectivity index (χ4n) is 0.364. The fourth-order valence-corrected chi connectivity index (χ4v) is 0.364. The minimum atomic E-state index is -2.42. The molecule has 2 nitrogen and oxygen atoms in total. The Morgan fingerprint density at radius 1 is 1.64 bits per heavy atom. The minimum absolute atomic E-state index is 0.222. The van der Waals surface area contributed by atoms with E-state index in [4.69, 9.17) is 0 Å². The highest BCUT2D eigenvalue weighted by Crippen LogP contribution is 2.00. The zero-order valence-corrected chi connectivity index (χ0v) is 6.27. The largest absolute Gasteiger partial charge is 0.462 e. The maximum absolute atomic E-state index is 11.5. The van der Waals surface area contributed by atoms with E-state index in [1.165, 1.54) is 6.92 Å². The number of carbonyl (C=O) groups is 1. The van der Waals surface area contributed by atoms with Crippen LogP contribution in [0.15, 0.2) is 12.2 Å². The van der Waals surface area contributed by atoms with Crippen LogP contribution in [0.3, 0.4) is 0 Å². The smallest absolute Gasteiger partial charge is 0.333 e. The van der Waals surface area contributed by atoms with Gasteiger partial charge in [-0.3, -0.25) is 0 Å². The molecule has 0 aromatic heterocycles. The summed E-state index contributed by atoms with van der Waals surface area (Å²) in [5.74, 6) is -0.620. The molecule has 0 amide bonds. The molecule has 0 unspecified atom stereocenters. The predicted molar refractivity (Wildman–Crippen MR) is 36.4 cm³/mol. The molecule has 0 atom stereocenters. The first kappa shape index (κ1) is 10.1. The van der Waals surface area contributed by atoms with Crippen LogP contribution in [0.25, 0.3) is 0 Å². The van der Waals surface area contributed by atoms with Gasteiger partial charge in [-0.1, -0.05) is 6.58 Å². The average Bonchev–Trinajstić information content (AvgIpc) is 1.86. The number of ether oxygens (including phenoxy) is 1. The van der Waals surface area contributed by atoms with Gasteiger partial charge in [0.1, 0.15) is 0 Å². The van der Waals surface area contributed by atoms with E-state index in [0.717, 1.165) is 0 Å². The third-order valence-electron chi connectivity index (χ3n) is 0.918. The second-order valence-electron chi connectivity index (χ2n) is 2.10. The van der Waals surface area contributed by atoms with Crippen LogP contribution >= 0.6 is 0 Å². The molecule has 0 aromatic rings. The van der Waals surface area contributed by atoms with E-state index in [0.29, 0.717) is 0 Å². The Morgan fingerprint density at radius 3 is 2.55 bits per heavy atom. The Kier molecular flexibility index (Phi) is 4.41. The molecule has 0 radical (unpaired) electrons. The van der Waals surface area contributed by atoms with Crippen LogP contribution in [0.5, 0.6) is 0 Å². The Bertz CT molecular complexity index is 155. The van der Waals surface area contributed by atoms with Crippen molar-refractivity contribution in [2.45, 2.75) is 19.8 Å². The summed E-state index contributed by atoms with van der Waals surface area (Å²) < 4.78 is 27.3. The minimum Gasteiger partial charge on any atom is -0.462 e. The van der Waals surface area contributed by atoms with E-state index in [-0.39, 0.29) is 12.2 Å². The summed E-state index contributed by atoms with van der Waals surface area (Å²) in [6, 6.07) is 0. The normalized spacial score (nSPS) is 9.82. The Balaban J connectivity index is 3.40. The molecule has 0 aromatic carbocycles. The Labute approximate surface area is 63.8 Å². The van der Waals surface area contributed by atoms with Crippen LogP contribution in [0.1, 0.15) is 13.3 Å². The molecule has 0 saturated heterocycles. The molecule has 0 fully saturated rings. The fraction of sp³-hybridized carbons (Fsp3) is 0.571. The van der Waals surface area contributed by atoms with Gasteiger partial charge in [0.15, 0.2) is 0 Å². The lowest BCUT2D eigenvalue weighted by Crippen LogP contribution is -2.08. The van der Waals surface area contributed by atoms with Crippen molar-refractivity contribution in [3.05, 3.63) is 12.2 Å². The molecule has 0 rings (SSSR count). The Hall–Kier alpha value is -0.930. The summed E-state index contributed by atoms with van der Waals surface area (Å²) in [5.41, 5.74) is 0.222. The lowest BCUT2D eigenvalue weighted by atomic mass is 10.4. The molecule has 0 saturated carbocycles. The zero-order chi connectivity index (χ0) is 8.85. The van der Waals surface area contributed by atoms with E-state index in [2.05, 4.69) is 11.3 Å². The van der Waals surface area contributed by atoms with Crippen molar-refractivity contribution in [2.24, 2.45) is 0 Å². The molecule has 0 bridgehead atoms. The third-order valence-corrected chi connectivity index (χ3v) is 0.918. The van der Waals surface area contributed by atoms with Crippen molar-refractivity contribution < 1.29 is 18.3 Å². The first-order chi connectivity index (χ1) is 5.04. The van der Waals surface area contributed by atoms with E-state index in [9.17, 15) is 13.6 Å². The number of carbonyl (C=O) groups excluding carboxylic acids is 1. The molecule has 0 aliphatic heterocycles. The quantitative estimate of drug-likeness (QED) is 0.467. The van der Waals surface area contributed by atoms with Crippen molar-refractivity contribution >= 4 is 5.97 Å². The summed E-state index contributed by atoms with van der Waals surface area (Å²) in [6.07, 6.45) is -2.84.